The fraction of sp³-hybridized carbons (Fsp3) is 0.320. The molecule has 2 aromatic heterocycles. The largest absolute Gasteiger partial charge is 0.459 e. The summed E-state index contributed by atoms with van der Waals surface area (Å²) in [4.78, 5) is 15.6. The number of likely N-dealkylation sites (tertiary alicyclic amines) is 1. The summed E-state index contributed by atoms with van der Waals surface area (Å²) in [6, 6.07) is 11.9. The van der Waals surface area contributed by atoms with E-state index in [1.165, 1.54) is 23.5 Å². The van der Waals surface area contributed by atoms with Gasteiger partial charge >= 0.3 is 12.2 Å². The van der Waals surface area contributed by atoms with Crippen molar-refractivity contribution in [2.24, 2.45) is 0 Å². The lowest BCUT2D eigenvalue weighted by Gasteiger charge is -2.31. The summed E-state index contributed by atoms with van der Waals surface area (Å²) in [5, 5.41) is 0.413. The smallest absolute Gasteiger partial charge is 0.416 e. The lowest BCUT2D eigenvalue weighted by molar-refractivity contribution is -0.137. The molecule has 4 aromatic rings. The van der Waals surface area contributed by atoms with Gasteiger partial charge in [0.15, 0.2) is 10.9 Å². The SMILES string of the molecule is CCN1CCCC(Oc2nc(Oc3cccc4sc(N)nc34)cc(-c3ccc(C(F)(F)F)cc3)n2)C1. The number of nitrogens with two attached hydrogens (primary N) is 1. The van der Waals surface area contributed by atoms with E-state index in [1.54, 1.807) is 12.1 Å². The monoisotopic (exact) mass is 515 g/mol. The molecule has 1 atom stereocenters. The van der Waals surface area contributed by atoms with E-state index in [1.807, 2.05) is 12.1 Å². The first-order chi connectivity index (χ1) is 17.3. The van der Waals surface area contributed by atoms with E-state index in [0.717, 1.165) is 49.3 Å². The van der Waals surface area contributed by atoms with E-state index in [-0.39, 0.29) is 18.0 Å². The number of hydrogen-bond donors (Lipinski definition) is 1. The fourth-order valence-corrected chi connectivity index (χ4v) is 4.92. The van der Waals surface area contributed by atoms with Crippen LogP contribution in [0.15, 0.2) is 48.5 Å². The number of halogens is 3. The van der Waals surface area contributed by atoms with Crippen molar-refractivity contribution in [3.05, 3.63) is 54.1 Å². The number of fused-ring (bicyclic) bond motifs is 1. The molecule has 1 aliphatic rings. The van der Waals surface area contributed by atoms with Gasteiger partial charge in [0.25, 0.3) is 0 Å². The van der Waals surface area contributed by atoms with Crippen molar-refractivity contribution in [1.29, 1.82) is 0 Å². The van der Waals surface area contributed by atoms with Crippen LogP contribution in [0.2, 0.25) is 0 Å². The summed E-state index contributed by atoms with van der Waals surface area (Å²) >= 11 is 1.34. The van der Waals surface area contributed by atoms with Crippen molar-refractivity contribution >= 4 is 26.7 Å². The second kappa shape index (κ2) is 9.90. The highest BCUT2D eigenvalue weighted by atomic mass is 32.1. The van der Waals surface area contributed by atoms with Crippen LogP contribution in [0.3, 0.4) is 0 Å². The highest BCUT2D eigenvalue weighted by molar-refractivity contribution is 7.22. The highest BCUT2D eigenvalue weighted by Gasteiger charge is 2.30. The van der Waals surface area contributed by atoms with Crippen LogP contribution in [-0.2, 0) is 6.18 Å². The molecule has 0 amide bonds. The molecule has 2 N–H and O–H groups in total. The zero-order chi connectivity index (χ0) is 25.3. The van der Waals surface area contributed by atoms with Crippen LogP contribution in [0, 0.1) is 0 Å². The molecule has 0 aliphatic carbocycles. The van der Waals surface area contributed by atoms with Crippen molar-refractivity contribution in [2.45, 2.75) is 32.0 Å². The first-order valence-corrected chi connectivity index (χ1v) is 12.4. The number of benzene rings is 2. The van der Waals surface area contributed by atoms with Crippen LogP contribution < -0.4 is 15.2 Å². The van der Waals surface area contributed by atoms with Gasteiger partial charge in [0.05, 0.1) is 16.0 Å². The maximum absolute atomic E-state index is 13.1. The average Bonchev–Trinajstić information content (AvgIpc) is 3.25. The van der Waals surface area contributed by atoms with E-state index in [2.05, 4.69) is 26.8 Å². The van der Waals surface area contributed by atoms with Gasteiger partial charge in [0, 0.05) is 18.2 Å². The molecule has 3 heterocycles. The summed E-state index contributed by atoms with van der Waals surface area (Å²) in [7, 11) is 0. The third-order valence-corrected chi connectivity index (χ3v) is 6.83. The van der Waals surface area contributed by atoms with E-state index >= 15 is 0 Å². The van der Waals surface area contributed by atoms with E-state index in [9.17, 15) is 13.2 Å². The Kier molecular flexibility index (Phi) is 6.67. The van der Waals surface area contributed by atoms with Crippen molar-refractivity contribution in [1.82, 2.24) is 19.9 Å². The van der Waals surface area contributed by atoms with E-state index in [4.69, 9.17) is 15.2 Å². The molecule has 1 saturated heterocycles. The Labute approximate surface area is 209 Å². The Hall–Kier alpha value is -3.44. The predicted molar refractivity (Wildman–Crippen MR) is 132 cm³/mol. The molecule has 0 saturated carbocycles. The zero-order valence-electron chi connectivity index (χ0n) is 19.5. The van der Waals surface area contributed by atoms with Gasteiger partial charge in [-0.3, -0.25) is 4.90 Å². The third-order valence-electron chi connectivity index (χ3n) is 5.98. The summed E-state index contributed by atoms with van der Waals surface area (Å²) in [5.41, 5.74) is 6.60. The molecule has 7 nitrogen and oxygen atoms in total. The maximum Gasteiger partial charge on any atom is 0.416 e. The van der Waals surface area contributed by atoms with E-state index in [0.29, 0.717) is 27.7 Å². The molecule has 2 aromatic carbocycles. The number of piperidine rings is 1. The van der Waals surface area contributed by atoms with Crippen molar-refractivity contribution in [3.63, 3.8) is 0 Å². The Morgan fingerprint density at radius 2 is 1.92 bits per heavy atom. The molecule has 1 unspecified atom stereocenters. The van der Waals surface area contributed by atoms with Crippen LogP contribution in [0.5, 0.6) is 17.6 Å². The topological polar surface area (TPSA) is 86.4 Å². The molecule has 0 bridgehead atoms. The number of anilines is 1. The normalized spacial score (nSPS) is 16.8. The quantitative estimate of drug-likeness (QED) is 0.337. The number of likely N-dealkylation sites (N-methyl/N-ethyl adjacent to an activating group) is 1. The lowest BCUT2D eigenvalue weighted by atomic mass is 10.1. The van der Waals surface area contributed by atoms with Gasteiger partial charge in [-0.05, 0) is 50.2 Å². The lowest BCUT2D eigenvalue weighted by Crippen LogP contribution is -2.41. The van der Waals surface area contributed by atoms with Crippen LogP contribution in [-0.4, -0.2) is 45.6 Å². The molecule has 36 heavy (non-hydrogen) atoms. The minimum absolute atomic E-state index is 0.101. The second-order valence-electron chi connectivity index (χ2n) is 8.48. The molecule has 11 heteroatoms. The number of aromatic nitrogens is 3. The zero-order valence-corrected chi connectivity index (χ0v) is 20.3. The molecule has 0 spiro atoms. The number of nitrogen functional groups attached to an aromatic ring is 1. The molecular weight excluding hydrogens is 491 g/mol. The number of ether oxygens (including phenoxy) is 2. The molecule has 1 aliphatic heterocycles. The van der Waals surface area contributed by atoms with Crippen molar-refractivity contribution < 1.29 is 22.6 Å². The highest BCUT2D eigenvalue weighted by Crippen LogP contribution is 2.35. The van der Waals surface area contributed by atoms with Crippen molar-refractivity contribution in [3.8, 4) is 28.9 Å². The minimum atomic E-state index is -4.42. The molecule has 188 valence electrons. The Balaban J connectivity index is 1.50. The van der Waals surface area contributed by atoms with Crippen LogP contribution >= 0.6 is 11.3 Å². The van der Waals surface area contributed by atoms with Gasteiger partial charge in [-0.25, -0.2) is 4.98 Å². The van der Waals surface area contributed by atoms with Gasteiger partial charge in [-0.1, -0.05) is 36.5 Å². The summed E-state index contributed by atoms with van der Waals surface area (Å²) < 4.78 is 52.3. The third kappa shape index (κ3) is 5.36. The Bertz CT molecular complexity index is 1360. The summed E-state index contributed by atoms with van der Waals surface area (Å²) in [6.45, 7) is 4.78. The van der Waals surface area contributed by atoms with Gasteiger partial charge in [0.2, 0.25) is 5.88 Å². The average molecular weight is 516 g/mol. The van der Waals surface area contributed by atoms with Gasteiger partial charge in [-0.15, -0.1) is 0 Å². The Morgan fingerprint density at radius 1 is 1.11 bits per heavy atom. The number of rotatable bonds is 6. The van der Waals surface area contributed by atoms with Crippen LogP contribution in [0.1, 0.15) is 25.3 Å². The Morgan fingerprint density at radius 3 is 2.67 bits per heavy atom. The number of para-hydroxylation sites is 1. The predicted octanol–water partition coefficient (Wildman–Crippen LogP) is 6.01. The first kappa shape index (κ1) is 24.3. The van der Waals surface area contributed by atoms with Gasteiger partial charge in [0.1, 0.15) is 11.6 Å². The van der Waals surface area contributed by atoms with Crippen LogP contribution in [0.25, 0.3) is 21.5 Å². The number of thiazole rings is 1. The number of nitrogens with zero attached hydrogens (tertiary/aromatic N) is 4. The summed E-state index contributed by atoms with van der Waals surface area (Å²) in [5.74, 6) is 0.649. The number of hydrogen-bond acceptors (Lipinski definition) is 8. The number of alkyl halides is 3. The minimum Gasteiger partial charge on any atom is -0.459 e. The van der Waals surface area contributed by atoms with Crippen LogP contribution in [0.4, 0.5) is 18.3 Å². The van der Waals surface area contributed by atoms with Gasteiger partial charge < -0.3 is 15.2 Å². The van der Waals surface area contributed by atoms with Crippen molar-refractivity contribution in [2.75, 3.05) is 25.4 Å². The molecule has 1 fully saturated rings. The molecule has 0 radical (unpaired) electrons. The van der Waals surface area contributed by atoms with E-state index < -0.39 is 11.7 Å². The summed E-state index contributed by atoms with van der Waals surface area (Å²) in [6.07, 6.45) is -2.67. The maximum atomic E-state index is 13.1. The molecular formula is C25H24F3N5O2S. The fourth-order valence-electron chi connectivity index (χ4n) is 4.17. The first-order valence-electron chi connectivity index (χ1n) is 11.6. The molecule has 5 rings (SSSR count). The standard InChI is InChI=1S/C25H24F3N5O2S/c1-2-33-12-4-5-17(14-33)34-24-30-18(15-8-10-16(11-9-15)25(26,27)28)13-21(31-24)35-19-6-3-7-20-22(19)32-23(29)36-20/h3,6-11,13,17H,2,4-5,12,14H2,1H3,(H2,29,32). The van der Waals surface area contributed by atoms with Gasteiger partial charge in [-0.2, -0.15) is 23.1 Å². The second-order valence-corrected chi connectivity index (χ2v) is 9.54.